The van der Waals surface area contributed by atoms with Gasteiger partial charge in [0.15, 0.2) is 5.16 Å². The maximum absolute atomic E-state index is 12.2. The topological polar surface area (TPSA) is 72.7 Å². The van der Waals surface area contributed by atoms with E-state index < -0.39 is 0 Å². The number of amides is 1. The fourth-order valence-corrected chi connectivity index (χ4v) is 2.34. The second kappa shape index (κ2) is 6.51. The fraction of sp³-hybridized carbons (Fsp3) is 0.385. The van der Waals surface area contributed by atoms with E-state index in [1.54, 1.807) is 35.4 Å². The lowest BCUT2D eigenvalue weighted by Crippen LogP contribution is -2.24. The summed E-state index contributed by atoms with van der Waals surface area (Å²) >= 11 is 1.32. The minimum absolute atomic E-state index is 0.0927. The Hall–Kier alpha value is -1.89. The van der Waals surface area contributed by atoms with E-state index in [-0.39, 0.29) is 17.2 Å². The van der Waals surface area contributed by atoms with Crippen molar-refractivity contribution in [1.29, 1.82) is 0 Å². The summed E-state index contributed by atoms with van der Waals surface area (Å²) in [6.07, 6.45) is 5.00. The fourth-order valence-electron chi connectivity index (χ4n) is 1.61. The number of nitrogens with zero attached hydrogens (tertiary/aromatic N) is 4. The third kappa shape index (κ3) is 3.57. The van der Waals surface area contributed by atoms with Crippen LogP contribution in [0, 0.1) is 0 Å². The monoisotopic (exact) mass is 291 g/mol. The molecule has 2 rings (SSSR count). The Morgan fingerprint density at radius 2 is 1.95 bits per heavy atom. The second-order valence-electron chi connectivity index (χ2n) is 4.54. The Kier molecular flexibility index (Phi) is 4.73. The minimum Gasteiger partial charge on any atom is -0.310 e. The van der Waals surface area contributed by atoms with E-state index in [1.807, 2.05) is 20.8 Å². The quantitative estimate of drug-likeness (QED) is 0.676. The van der Waals surface area contributed by atoms with Crippen LogP contribution in [0.2, 0.25) is 0 Å². The molecule has 2 aromatic rings. The predicted molar refractivity (Wildman–Crippen MR) is 78.6 cm³/mol. The molecule has 0 spiro atoms. The molecule has 0 unspecified atom stereocenters. The average Bonchev–Trinajstić information content (AvgIpc) is 2.88. The smallest absolute Gasteiger partial charge is 0.238 e. The molecule has 2 heterocycles. The molecule has 0 aliphatic heterocycles. The minimum atomic E-state index is -0.284. The molecule has 0 aromatic carbocycles. The van der Waals surface area contributed by atoms with Crippen molar-refractivity contribution in [3.8, 4) is 0 Å². The van der Waals surface area contributed by atoms with Gasteiger partial charge in [-0.05, 0) is 26.8 Å². The number of rotatable bonds is 5. The van der Waals surface area contributed by atoms with Crippen LogP contribution < -0.4 is 5.32 Å². The van der Waals surface area contributed by atoms with Crippen LogP contribution in [0.3, 0.4) is 0 Å². The molecular formula is C13H17N5OS. The number of carbonyl (C=O) groups excluding carboxylic acids is 1. The highest BCUT2D eigenvalue weighted by Crippen LogP contribution is 2.20. The molecule has 7 heteroatoms. The first-order valence-electron chi connectivity index (χ1n) is 6.36. The van der Waals surface area contributed by atoms with E-state index in [1.165, 1.54) is 11.8 Å². The van der Waals surface area contributed by atoms with Gasteiger partial charge in [-0.15, -0.1) is 0 Å². The van der Waals surface area contributed by atoms with E-state index in [9.17, 15) is 4.79 Å². The first-order chi connectivity index (χ1) is 9.58. The van der Waals surface area contributed by atoms with E-state index in [0.29, 0.717) is 11.0 Å². The van der Waals surface area contributed by atoms with Crippen molar-refractivity contribution in [1.82, 2.24) is 19.7 Å². The van der Waals surface area contributed by atoms with Crippen LogP contribution in [0.1, 0.15) is 26.8 Å². The molecule has 20 heavy (non-hydrogen) atoms. The van der Waals surface area contributed by atoms with Gasteiger partial charge in [-0.3, -0.25) is 4.79 Å². The normalized spacial score (nSPS) is 12.4. The van der Waals surface area contributed by atoms with Crippen LogP contribution in [0.5, 0.6) is 0 Å². The SMILES string of the molecule is CC(C)n1nccc1NC(=O)[C@H](C)Sc1ncccn1. The Balaban J connectivity index is 1.99. The molecule has 6 nitrogen and oxygen atoms in total. The third-order valence-corrected chi connectivity index (χ3v) is 3.59. The summed E-state index contributed by atoms with van der Waals surface area (Å²) in [6, 6.07) is 3.73. The van der Waals surface area contributed by atoms with E-state index in [2.05, 4.69) is 20.4 Å². The number of nitrogens with one attached hydrogen (secondary N) is 1. The Labute approximate surface area is 122 Å². The number of hydrogen-bond acceptors (Lipinski definition) is 5. The van der Waals surface area contributed by atoms with Crippen LogP contribution in [-0.4, -0.2) is 30.9 Å². The van der Waals surface area contributed by atoms with E-state index in [4.69, 9.17) is 0 Å². The lowest BCUT2D eigenvalue weighted by atomic mass is 10.4. The van der Waals surface area contributed by atoms with Crippen LogP contribution in [0.15, 0.2) is 35.9 Å². The van der Waals surface area contributed by atoms with Crippen molar-refractivity contribution in [3.05, 3.63) is 30.7 Å². The molecule has 0 fully saturated rings. The molecule has 1 atom stereocenters. The van der Waals surface area contributed by atoms with E-state index in [0.717, 1.165) is 0 Å². The van der Waals surface area contributed by atoms with Crippen molar-refractivity contribution in [2.75, 3.05) is 5.32 Å². The molecule has 2 aromatic heterocycles. The van der Waals surface area contributed by atoms with Gasteiger partial charge in [-0.2, -0.15) is 5.10 Å². The van der Waals surface area contributed by atoms with E-state index >= 15 is 0 Å². The molecule has 0 saturated heterocycles. The maximum Gasteiger partial charge on any atom is 0.238 e. The van der Waals surface area contributed by atoms with Crippen LogP contribution >= 0.6 is 11.8 Å². The summed E-state index contributed by atoms with van der Waals surface area (Å²) in [5, 5.41) is 7.37. The van der Waals surface area contributed by atoms with Crippen LogP contribution in [0.4, 0.5) is 5.82 Å². The number of hydrogen-bond donors (Lipinski definition) is 1. The lowest BCUT2D eigenvalue weighted by Gasteiger charge is -2.14. The van der Waals surface area contributed by atoms with Crippen molar-refractivity contribution >= 4 is 23.5 Å². The molecule has 1 N–H and O–H groups in total. The number of anilines is 1. The molecule has 0 bridgehead atoms. The summed E-state index contributed by atoms with van der Waals surface area (Å²) in [5.41, 5.74) is 0. The van der Waals surface area contributed by atoms with Gasteiger partial charge >= 0.3 is 0 Å². The zero-order valence-corrected chi connectivity index (χ0v) is 12.5. The largest absolute Gasteiger partial charge is 0.310 e. The molecule has 106 valence electrons. The molecule has 0 aliphatic carbocycles. The van der Waals surface area contributed by atoms with Gasteiger partial charge in [0.2, 0.25) is 5.91 Å². The lowest BCUT2D eigenvalue weighted by molar-refractivity contribution is -0.115. The van der Waals surface area contributed by atoms with Crippen molar-refractivity contribution in [2.45, 2.75) is 37.2 Å². The van der Waals surface area contributed by atoms with Crippen LogP contribution in [-0.2, 0) is 4.79 Å². The maximum atomic E-state index is 12.2. The second-order valence-corrected chi connectivity index (χ2v) is 5.84. The molecule has 1 amide bonds. The molecule has 0 aliphatic rings. The van der Waals surface area contributed by atoms with Crippen LogP contribution in [0.25, 0.3) is 0 Å². The highest BCUT2D eigenvalue weighted by molar-refractivity contribution is 8.00. The van der Waals surface area contributed by atoms with Gasteiger partial charge in [0.05, 0.1) is 11.4 Å². The first-order valence-corrected chi connectivity index (χ1v) is 7.24. The van der Waals surface area contributed by atoms with Gasteiger partial charge in [0, 0.05) is 24.5 Å². The Bertz CT molecular complexity index is 569. The number of aromatic nitrogens is 4. The average molecular weight is 291 g/mol. The van der Waals surface area contributed by atoms with Crippen molar-refractivity contribution in [2.24, 2.45) is 0 Å². The zero-order valence-electron chi connectivity index (χ0n) is 11.6. The summed E-state index contributed by atoms with van der Waals surface area (Å²) in [5.74, 6) is 0.608. The zero-order chi connectivity index (χ0) is 14.5. The molecule has 0 saturated carbocycles. The summed E-state index contributed by atoms with van der Waals surface area (Å²) in [7, 11) is 0. The molecule has 0 radical (unpaired) electrons. The Morgan fingerprint density at radius 3 is 2.60 bits per heavy atom. The Morgan fingerprint density at radius 1 is 1.25 bits per heavy atom. The highest BCUT2D eigenvalue weighted by Gasteiger charge is 2.17. The van der Waals surface area contributed by atoms with Gasteiger partial charge in [-0.25, -0.2) is 14.6 Å². The number of carbonyl (C=O) groups is 1. The summed E-state index contributed by atoms with van der Waals surface area (Å²) < 4.78 is 1.77. The predicted octanol–water partition coefficient (Wildman–Crippen LogP) is 2.37. The molecular weight excluding hydrogens is 274 g/mol. The van der Waals surface area contributed by atoms with Crippen molar-refractivity contribution < 1.29 is 4.79 Å². The van der Waals surface area contributed by atoms with Crippen molar-refractivity contribution in [3.63, 3.8) is 0 Å². The van der Waals surface area contributed by atoms with Gasteiger partial charge in [0.25, 0.3) is 0 Å². The highest BCUT2D eigenvalue weighted by atomic mass is 32.2. The standard InChI is InChI=1S/C13H17N5OS/c1-9(2)18-11(5-8-16-18)17-12(19)10(3)20-13-14-6-4-7-15-13/h4-10H,1-3H3,(H,17,19)/t10-/m0/s1. The number of thioether (sulfide) groups is 1. The summed E-state index contributed by atoms with van der Waals surface area (Å²) in [6.45, 7) is 5.85. The van der Waals surface area contributed by atoms with Gasteiger partial charge in [0.1, 0.15) is 5.82 Å². The van der Waals surface area contributed by atoms with Gasteiger partial charge < -0.3 is 5.32 Å². The summed E-state index contributed by atoms with van der Waals surface area (Å²) in [4.78, 5) is 20.4. The third-order valence-electron chi connectivity index (χ3n) is 2.60. The first kappa shape index (κ1) is 14.5. The van der Waals surface area contributed by atoms with Gasteiger partial charge in [-0.1, -0.05) is 11.8 Å².